The number of hydrogen-bond donors (Lipinski definition) is 0. The van der Waals surface area contributed by atoms with Gasteiger partial charge in [0.15, 0.2) is 0 Å². The Balaban J connectivity index is 2.09. The predicted molar refractivity (Wildman–Crippen MR) is 69.4 cm³/mol. The number of piperazine rings is 1. The van der Waals surface area contributed by atoms with E-state index in [1.807, 2.05) is 5.38 Å². The minimum atomic E-state index is -0.0787. The zero-order chi connectivity index (χ0) is 11.5. The zero-order valence-corrected chi connectivity index (χ0v) is 11.6. The van der Waals surface area contributed by atoms with Crippen molar-refractivity contribution in [3.63, 3.8) is 0 Å². The summed E-state index contributed by atoms with van der Waals surface area (Å²) in [5.41, 5.74) is 0. The Labute approximate surface area is 108 Å². The molecule has 1 atom stereocenters. The molecule has 1 aliphatic rings. The van der Waals surface area contributed by atoms with Crippen LogP contribution in [0.1, 0.15) is 10.9 Å². The third-order valence-electron chi connectivity index (χ3n) is 2.88. The lowest BCUT2D eigenvalue weighted by Crippen LogP contribution is -2.45. The molecule has 1 unspecified atom stereocenters. The van der Waals surface area contributed by atoms with Gasteiger partial charge in [0.25, 0.3) is 0 Å². The molecule has 5 heteroatoms. The van der Waals surface area contributed by atoms with E-state index in [0.717, 1.165) is 35.5 Å². The van der Waals surface area contributed by atoms with Crippen molar-refractivity contribution in [1.29, 1.82) is 5.26 Å². The van der Waals surface area contributed by atoms with Crippen molar-refractivity contribution in [1.82, 2.24) is 9.80 Å². The first-order valence-electron chi connectivity index (χ1n) is 5.27. The van der Waals surface area contributed by atoms with Crippen LogP contribution in [0.15, 0.2) is 15.9 Å². The van der Waals surface area contributed by atoms with E-state index < -0.39 is 0 Å². The van der Waals surface area contributed by atoms with Crippen LogP contribution in [-0.4, -0.2) is 43.0 Å². The van der Waals surface area contributed by atoms with Gasteiger partial charge in [-0.1, -0.05) is 0 Å². The molecule has 0 aromatic carbocycles. The van der Waals surface area contributed by atoms with Crippen molar-refractivity contribution in [2.45, 2.75) is 6.04 Å². The van der Waals surface area contributed by atoms with Crippen molar-refractivity contribution >= 4 is 27.3 Å². The van der Waals surface area contributed by atoms with Gasteiger partial charge in [-0.25, -0.2) is 0 Å². The third-order valence-corrected chi connectivity index (χ3v) is 4.63. The number of halogens is 1. The maximum atomic E-state index is 9.29. The summed E-state index contributed by atoms with van der Waals surface area (Å²) in [6.07, 6.45) is 0. The van der Waals surface area contributed by atoms with E-state index in [1.54, 1.807) is 11.3 Å². The number of hydrogen-bond acceptors (Lipinski definition) is 4. The molecular formula is C11H14BrN3S. The van der Waals surface area contributed by atoms with Crippen LogP contribution >= 0.6 is 27.3 Å². The second kappa shape index (κ2) is 5.28. The highest BCUT2D eigenvalue weighted by atomic mass is 79.9. The van der Waals surface area contributed by atoms with Gasteiger partial charge in [0.1, 0.15) is 6.04 Å². The molecule has 0 amide bonds. The highest BCUT2D eigenvalue weighted by Crippen LogP contribution is 2.29. The van der Waals surface area contributed by atoms with Gasteiger partial charge in [-0.3, -0.25) is 4.90 Å². The average Bonchev–Trinajstić information content (AvgIpc) is 2.69. The minimum absolute atomic E-state index is 0.0787. The molecular weight excluding hydrogens is 286 g/mol. The maximum Gasteiger partial charge on any atom is 0.133 e. The molecule has 2 rings (SSSR count). The number of nitrogens with zero attached hydrogens (tertiary/aromatic N) is 3. The normalized spacial score (nSPS) is 20.6. The van der Waals surface area contributed by atoms with Gasteiger partial charge >= 0.3 is 0 Å². The van der Waals surface area contributed by atoms with E-state index in [0.29, 0.717) is 0 Å². The molecule has 0 bridgehead atoms. The van der Waals surface area contributed by atoms with Gasteiger partial charge in [-0.05, 0) is 29.0 Å². The molecule has 0 aliphatic carbocycles. The van der Waals surface area contributed by atoms with Crippen LogP contribution in [0.2, 0.25) is 0 Å². The van der Waals surface area contributed by atoms with Gasteiger partial charge in [0.2, 0.25) is 0 Å². The second-order valence-corrected chi connectivity index (χ2v) is 5.90. The molecule has 0 N–H and O–H groups in total. The van der Waals surface area contributed by atoms with Crippen LogP contribution in [0.25, 0.3) is 0 Å². The van der Waals surface area contributed by atoms with Gasteiger partial charge in [-0.2, -0.15) is 5.26 Å². The van der Waals surface area contributed by atoms with Crippen LogP contribution in [0.3, 0.4) is 0 Å². The van der Waals surface area contributed by atoms with E-state index in [4.69, 9.17) is 0 Å². The van der Waals surface area contributed by atoms with Crippen molar-refractivity contribution < 1.29 is 0 Å². The summed E-state index contributed by atoms with van der Waals surface area (Å²) < 4.78 is 1.07. The first-order valence-corrected chi connectivity index (χ1v) is 6.94. The second-order valence-electron chi connectivity index (χ2n) is 4.04. The quantitative estimate of drug-likeness (QED) is 0.840. The average molecular weight is 300 g/mol. The van der Waals surface area contributed by atoms with Crippen LogP contribution in [0.5, 0.6) is 0 Å². The lowest BCUT2D eigenvalue weighted by Gasteiger charge is -2.34. The fraction of sp³-hybridized carbons (Fsp3) is 0.545. The van der Waals surface area contributed by atoms with E-state index in [2.05, 4.69) is 44.9 Å². The highest BCUT2D eigenvalue weighted by molar-refractivity contribution is 9.10. The third kappa shape index (κ3) is 2.64. The molecule has 16 heavy (non-hydrogen) atoms. The highest BCUT2D eigenvalue weighted by Gasteiger charge is 2.24. The summed E-state index contributed by atoms with van der Waals surface area (Å²) in [4.78, 5) is 5.70. The molecule has 1 saturated heterocycles. The fourth-order valence-corrected chi connectivity index (χ4v) is 3.40. The summed E-state index contributed by atoms with van der Waals surface area (Å²) in [6.45, 7) is 4.05. The summed E-state index contributed by atoms with van der Waals surface area (Å²) in [6, 6.07) is 4.39. The number of likely N-dealkylation sites (N-methyl/N-ethyl adjacent to an activating group) is 1. The van der Waals surface area contributed by atoms with Crippen LogP contribution in [0.4, 0.5) is 0 Å². The van der Waals surface area contributed by atoms with E-state index >= 15 is 0 Å². The van der Waals surface area contributed by atoms with E-state index in [9.17, 15) is 5.26 Å². The standard InChI is InChI=1S/C11H14BrN3S/c1-14-2-4-15(5-3-14)10(7-13)11-6-9(12)8-16-11/h6,8,10H,2-5H2,1H3. The monoisotopic (exact) mass is 299 g/mol. The predicted octanol–water partition coefficient (Wildman–Crippen LogP) is 2.32. The Morgan fingerprint density at radius 2 is 2.12 bits per heavy atom. The molecule has 1 aliphatic heterocycles. The van der Waals surface area contributed by atoms with E-state index in [-0.39, 0.29) is 6.04 Å². The van der Waals surface area contributed by atoms with Crippen molar-refractivity contribution in [3.8, 4) is 6.07 Å². The maximum absolute atomic E-state index is 9.29. The van der Waals surface area contributed by atoms with Crippen LogP contribution in [0, 0.1) is 11.3 Å². The summed E-state index contributed by atoms with van der Waals surface area (Å²) >= 11 is 5.09. The van der Waals surface area contributed by atoms with Gasteiger partial charge in [-0.15, -0.1) is 11.3 Å². The SMILES string of the molecule is CN1CCN(C(C#N)c2cc(Br)cs2)CC1. The molecule has 0 saturated carbocycles. The molecule has 0 spiro atoms. The Bertz CT molecular complexity index is 390. The molecule has 0 radical (unpaired) electrons. The van der Waals surface area contributed by atoms with Gasteiger partial charge in [0.05, 0.1) is 6.07 Å². The van der Waals surface area contributed by atoms with Crippen molar-refractivity contribution in [3.05, 3.63) is 20.8 Å². The van der Waals surface area contributed by atoms with Crippen molar-refractivity contribution in [2.75, 3.05) is 33.2 Å². The largest absolute Gasteiger partial charge is 0.304 e. The Morgan fingerprint density at radius 1 is 1.44 bits per heavy atom. The summed E-state index contributed by atoms with van der Waals surface area (Å²) in [5, 5.41) is 11.3. The minimum Gasteiger partial charge on any atom is -0.304 e. The molecule has 86 valence electrons. The van der Waals surface area contributed by atoms with Crippen molar-refractivity contribution in [2.24, 2.45) is 0 Å². The van der Waals surface area contributed by atoms with E-state index in [1.165, 1.54) is 0 Å². The van der Waals surface area contributed by atoms with Gasteiger partial charge < -0.3 is 4.90 Å². The molecule has 1 aromatic heterocycles. The smallest absolute Gasteiger partial charge is 0.133 e. The Morgan fingerprint density at radius 3 is 2.62 bits per heavy atom. The molecule has 1 aromatic rings. The molecule has 2 heterocycles. The lowest BCUT2D eigenvalue weighted by molar-refractivity contribution is 0.134. The van der Waals surface area contributed by atoms with Crippen LogP contribution < -0.4 is 0 Å². The summed E-state index contributed by atoms with van der Waals surface area (Å²) in [7, 11) is 2.13. The Kier molecular flexibility index (Phi) is 3.98. The zero-order valence-electron chi connectivity index (χ0n) is 9.19. The van der Waals surface area contributed by atoms with Gasteiger partial charge in [0, 0.05) is 40.9 Å². The first-order chi connectivity index (χ1) is 7.70. The fourth-order valence-electron chi connectivity index (χ4n) is 1.88. The number of thiophene rings is 1. The molecule has 3 nitrogen and oxygen atoms in total. The number of nitriles is 1. The topological polar surface area (TPSA) is 30.3 Å². The first kappa shape index (κ1) is 12.1. The Hall–Kier alpha value is -0.410. The lowest BCUT2D eigenvalue weighted by atomic mass is 10.2. The number of rotatable bonds is 2. The summed E-state index contributed by atoms with van der Waals surface area (Å²) in [5.74, 6) is 0. The molecule has 1 fully saturated rings. The van der Waals surface area contributed by atoms with Crippen LogP contribution in [-0.2, 0) is 0 Å².